The Labute approximate surface area is 172 Å². The van der Waals surface area contributed by atoms with Crippen LogP contribution in [0.15, 0.2) is 18.2 Å². The van der Waals surface area contributed by atoms with E-state index in [1.807, 2.05) is 0 Å². The summed E-state index contributed by atoms with van der Waals surface area (Å²) in [6.07, 6.45) is 6.37. The number of amides is 1. The zero-order valence-corrected chi connectivity index (χ0v) is 17.1. The molecule has 2 N–H and O–H groups in total. The molecule has 0 unspecified atom stereocenters. The quantitative estimate of drug-likeness (QED) is 0.516. The molecule has 2 aliphatic heterocycles. The Morgan fingerprint density at radius 3 is 2.79 bits per heavy atom. The Hall–Kier alpha value is -2.56. The highest BCUT2D eigenvalue weighted by molar-refractivity contribution is 5.80. The van der Waals surface area contributed by atoms with Gasteiger partial charge >= 0.3 is 5.97 Å². The average molecular weight is 399 g/mol. The van der Waals surface area contributed by atoms with Crippen molar-refractivity contribution in [3.8, 4) is 12.3 Å². The molecule has 0 aliphatic carbocycles. The minimum atomic E-state index is -0.641. The third-order valence-electron chi connectivity index (χ3n) is 5.34. The highest BCUT2D eigenvalue weighted by Crippen LogP contribution is 2.25. The van der Waals surface area contributed by atoms with Crippen LogP contribution in [0.2, 0.25) is 0 Å². The topological polar surface area (TPSA) is 73.9 Å². The van der Waals surface area contributed by atoms with Gasteiger partial charge in [0.15, 0.2) is 0 Å². The maximum atomic E-state index is 12.4. The normalized spacial score (nSPS) is 17.7. The molecule has 1 saturated heterocycles. The number of nitrogens with zero attached hydrogens (tertiary/aromatic N) is 2. The van der Waals surface area contributed by atoms with E-state index < -0.39 is 12.0 Å². The van der Waals surface area contributed by atoms with E-state index >= 15 is 0 Å². The lowest BCUT2D eigenvalue weighted by Gasteiger charge is -2.32. The van der Waals surface area contributed by atoms with E-state index in [9.17, 15) is 9.59 Å². The number of nitrogens with one attached hydrogen (secondary N) is 2. The van der Waals surface area contributed by atoms with Crippen LogP contribution >= 0.6 is 0 Å². The molecule has 0 bridgehead atoms. The second-order valence-corrected chi connectivity index (χ2v) is 7.45. The molecule has 29 heavy (non-hydrogen) atoms. The molecule has 3 rings (SSSR count). The minimum absolute atomic E-state index is 0.00698. The molecule has 0 spiro atoms. The van der Waals surface area contributed by atoms with E-state index in [0.29, 0.717) is 6.61 Å². The largest absolute Gasteiger partial charge is 0.466 e. The molecule has 2 heterocycles. The van der Waals surface area contributed by atoms with Crippen LogP contribution in [0.4, 0.5) is 5.69 Å². The van der Waals surface area contributed by atoms with Crippen LogP contribution in [0.1, 0.15) is 24.5 Å². The summed E-state index contributed by atoms with van der Waals surface area (Å²) in [4.78, 5) is 28.5. The van der Waals surface area contributed by atoms with Gasteiger partial charge in [0.05, 0.1) is 19.6 Å². The number of rotatable bonds is 7. The molecule has 0 saturated carbocycles. The van der Waals surface area contributed by atoms with Crippen molar-refractivity contribution in [2.24, 2.45) is 0 Å². The number of hydrogen-bond donors (Lipinski definition) is 2. The second-order valence-electron chi connectivity index (χ2n) is 7.45. The van der Waals surface area contributed by atoms with E-state index in [1.54, 1.807) is 6.92 Å². The summed E-state index contributed by atoms with van der Waals surface area (Å²) >= 11 is 0. The summed E-state index contributed by atoms with van der Waals surface area (Å²) in [5.74, 6) is 1.89. The van der Waals surface area contributed by atoms with Gasteiger partial charge in [0, 0.05) is 45.0 Å². The fourth-order valence-electron chi connectivity index (χ4n) is 3.84. The van der Waals surface area contributed by atoms with Crippen molar-refractivity contribution in [1.29, 1.82) is 0 Å². The van der Waals surface area contributed by atoms with Crippen LogP contribution < -0.4 is 15.5 Å². The molecular weight excluding hydrogens is 368 g/mol. The van der Waals surface area contributed by atoms with Crippen LogP contribution in [-0.4, -0.2) is 68.7 Å². The van der Waals surface area contributed by atoms with Gasteiger partial charge in [0.1, 0.15) is 6.04 Å². The van der Waals surface area contributed by atoms with Crippen molar-refractivity contribution < 1.29 is 14.3 Å². The van der Waals surface area contributed by atoms with Crippen molar-refractivity contribution in [2.75, 3.05) is 50.8 Å². The molecule has 1 fully saturated rings. The molecule has 7 heteroatoms. The number of piperazine rings is 1. The Kier molecular flexibility index (Phi) is 7.50. The molecule has 1 atom stereocenters. The summed E-state index contributed by atoms with van der Waals surface area (Å²) in [6.45, 7) is 7.90. The fourth-order valence-corrected chi connectivity index (χ4v) is 3.84. The molecule has 0 aromatic heterocycles. The van der Waals surface area contributed by atoms with Gasteiger partial charge in [-0.1, -0.05) is 12.0 Å². The van der Waals surface area contributed by atoms with Crippen molar-refractivity contribution in [3.63, 3.8) is 0 Å². The summed E-state index contributed by atoms with van der Waals surface area (Å²) < 4.78 is 4.90. The molecular formula is C22H30N4O3. The smallest absolute Gasteiger partial charge is 0.308 e. The number of terminal acetylenes is 1. The number of carbonyl (C=O) groups excluding carboxylic acids is 2. The summed E-state index contributed by atoms with van der Waals surface area (Å²) in [7, 11) is 0. The SMILES string of the molecule is C#C[C@H](CC(=O)OCC)NC(=O)CN1CCc2ccc(N3CCNCC3)cc2C1. The summed E-state index contributed by atoms with van der Waals surface area (Å²) in [5, 5.41) is 6.13. The van der Waals surface area contributed by atoms with Gasteiger partial charge in [-0.2, -0.15) is 0 Å². The van der Waals surface area contributed by atoms with E-state index in [0.717, 1.165) is 45.7 Å². The maximum Gasteiger partial charge on any atom is 0.308 e. The van der Waals surface area contributed by atoms with Crippen LogP contribution in [0, 0.1) is 12.3 Å². The number of fused-ring (bicyclic) bond motifs is 1. The highest BCUT2D eigenvalue weighted by Gasteiger charge is 2.22. The maximum absolute atomic E-state index is 12.4. The van der Waals surface area contributed by atoms with Crippen LogP contribution in [-0.2, 0) is 27.3 Å². The molecule has 1 aromatic rings. The predicted molar refractivity (Wildman–Crippen MR) is 113 cm³/mol. The zero-order chi connectivity index (χ0) is 20.6. The van der Waals surface area contributed by atoms with Crippen molar-refractivity contribution in [2.45, 2.75) is 32.4 Å². The average Bonchev–Trinajstić information content (AvgIpc) is 2.73. The Bertz CT molecular complexity index is 768. The van der Waals surface area contributed by atoms with Gasteiger partial charge < -0.3 is 20.3 Å². The van der Waals surface area contributed by atoms with Gasteiger partial charge in [-0.15, -0.1) is 6.42 Å². The van der Waals surface area contributed by atoms with Crippen LogP contribution in [0.25, 0.3) is 0 Å². The van der Waals surface area contributed by atoms with Crippen LogP contribution in [0.5, 0.6) is 0 Å². The number of hydrogen-bond acceptors (Lipinski definition) is 6. The standard InChI is InChI=1S/C22H30N4O3/c1-3-19(14-22(28)29-4-2)24-21(27)16-25-10-7-17-5-6-20(13-18(17)15-25)26-11-8-23-9-12-26/h1,5-6,13,19,23H,4,7-12,14-16H2,2H3,(H,24,27)/t19-/m1/s1. The van der Waals surface area contributed by atoms with Gasteiger partial charge in [-0.25, -0.2) is 0 Å². The predicted octanol–water partition coefficient (Wildman–Crippen LogP) is 0.526. The lowest BCUT2D eigenvalue weighted by molar-refractivity contribution is -0.143. The van der Waals surface area contributed by atoms with E-state index in [1.165, 1.54) is 16.8 Å². The summed E-state index contributed by atoms with van der Waals surface area (Å²) in [5.41, 5.74) is 3.88. The van der Waals surface area contributed by atoms with Gasteiger partial charge in [0.25, 0.3) is 0 Å². The first-order valence-corrected chi connectivity index (χ1v) is 10.3. The van der Waals surface area contributed by atoms with Gasteiger partial charge in [0.2, 0.25) is 5.91 Å². The number of anilines is 1. The number of ether oxygens (including phenoxy) is 1. The first kappa shape index (κ1) is 21.2. The second kappa shape index (κ2) is 10.3. The van der Waals surface area contributed by atoms with E-state index in [4.69, 9.17) is 11.2 Å². The van der Waals surface area contributed by atoms with Crippen molar-refractivity contribution in [1.82, 2.24) is 15.5 Å². The van der Waals surface area contributed by atoms with Crippen LogP contribution in [0.3, 0.4) is 0 Å². The van der Waals surface area contributed by atoms with Crippen molar-refractivity contribution in [3.05, 3.63) is 29.3 Å². The Morgan fingerprint density at radius 2 is 2.07 bits per heavy atom. The lowest BCUT2D eigenvalue weighted by Crippen LogP contribution is -2.44. The Balaban J connectivity index is 1.55. The molecule has 1 aromatic carbocycles. The Morgan fingerprint density at radius 1 is 1.28 bits per heavy atom. The molecule has 1 amide bonds. The molecule has 0 radical (unpaired) electrons. The first-order chi connectivity index (χ1) is 14.1. The fraction of sp³-hybridized carbons (Fsp3) is 0.545. The van der Waals surface area contributed by atoms with Crippen molar-refractivity contribution >= 4 is 17.6 Å². The molecule has 2 aliphatic rings. The third-order valence-corrected chi connectivity index (χ3v) is 5.34. The number of benzene rings is 1. The van der Waals surface area contributed by atoms with Gasteiger partial charge in [-0.3, -0.25) is 14.5 Å². The minimum Gasteiger partial charge on any atom is -0.466 e. The molecule has 7 nitrogen and oxygen atoms in total. The summed E-state index contributed by atoms with van der Waals surface area (Å²) in [6, 6.07) is 6.05. The zero-order valence-electron chi connectivity index (χ0n) is 17.1. The number of carbonyl (C=O) groups is 2. The van der Waals surface area contributed by atoms with E-state index in [2.05, 4.69) is 44.6 Å². The monoisotopic (exact) mass is 398 g/mol. The first-order valence-electron chi connectivity index (χ1n) is 10.3. The highest BCUT2D eigenvalue weighted by atomic mass is 16.5. The van der Waals surface area contributed by atoms with E-state index in [-0.39, 0.29) is 18.9 Å². The lowest BCUT2D eigenvalue weighted by atomic mass is 9.98. The number of esters is 1. The third kappa shape index (κ3) is 5.96. The van der Waals surface area contributed by atoms with Gasteiger partial charge in [-0.05, 0) is 36.6 Å². The molecule has 156 valence electrons.